The van der Waals surface area contributed by atoms with Gasteiger partial charge in [-0.1, -0.05) is 109 Å². The zero-order chi connectivity index (χ0) is 30.5. The van der Waals surface area contributed by atoms with Crippen molar-refractivity contribution in [1.82, 2.24) is 19.9 Å². The molecular weight excluding hydrogens is 568 g/mol. The molecule has 0 unspecified atom stereocenters. The molecule has 0 aliphatic rings. The standard InChI is InChI=1S/C40H24N4O2/c1-3-11-25(12-4-1)37-42-38(26-13-5-2-6-14-26)44-39(43-37)28-21-22-35-33(24-28)41-40(46-35)29-16-9-15-27(23-29)30-18-10-19-32-31-17-7-8-20-34(31)45-36(30)32/h1-24H. The van der Waals surface area contributed by atoms with Gasteiger partial charge in [0.1, 0.15) is 16.7 Å². The van der Waals surface area contributed by atoms with E-state index < -0.39 is 0 Å². The van der Waals surface area contributed by atoms with E-state index >= 15 is 0 Å². The van der Waals surface area contributed by atoms with E-state index in [2.05, 4.69) is 36.4 Å². The zero-order valence-electron chi connectivity index (χ0n) is 24.5. The Kier molecular flexibility index (Phi) is 6.03. The minimum atomic E-state index is 0.538. The lowest BCUT2D eigenvalue weighted by molar-refractivity contribution is 0.620. The summed E-state index contributed by atoms with van der Waals surface area (Å²) in [6.07, 6.45) is 0. The van der Waals surface area contributed by atoms with Crippen LogP contribution in [0.1, 0.15) is 0 Å². The highest BCUT2D eigenvalue weighted by molar-refractivity contribution is 6.09. The average Bonchev–Trinajstić information content (AvgIpc) is 3.74. The minimum absolute atomic E-state index is 0.538. The largest absolute Gasteiger partial charge is 0.455 e. The molecular formula is C40H24N4O2. The molecule has 216 valence electrons. The molecule has 6 heteroatoms. The van der Waals surface area contributed by atoms with Crippen LogP contribution in [0.15, 0.2) is 154 Å². The predicted molar refractivity (Wildman–Crippen MR) is 182 cm³/mol. The van der Waals surface area contributed by atoms with Gasteiger partial charge in [-0.15, -0.1) is 0 Å². The first kappa shape index (κ1) is 26.0. The molecule has 9 aromatic rings. The Morgan fingerprint density at radius 3 is 1.74 bits per heavy atom. The van der Waals surface area contributed by atoms with Gasteiger partial charge in [0, 0.05) is 38.6 Å². The number of nitrogens with zero attached hydrogens (tertiary/aromatic N) is 4. The van der Waals surface area contributed by atoms with Crippen molar-refractivity contribution in [2.24, 2.45) is 0 Å². The number of hydrogen-bond donors (Lipinski definition) is 0. The van der Waals surface area contributed by atoms with Gasteiger partial charge < -0.3 is 8.83 Å². The number of rotatable bonds is 5. The summed E-state index contributed by atoms with van der Waals surface area (Å²) in [5, 5.41) is 2.20. The van der Waals surface area contributed by atoms with Crippen LogP contribution in [0.25, 0.3) is 89.8 Å². The van der Waals surface area contributed by atoms with Crippen LogP contribution in [0, 0.1) is 0 Å². The number of benzene rings is 6. The van der Waals surface area contributed by atoms with E-state index in [4.69, 9.17) is 28.8 Å². The van der Waals surface area contributed by atoms with Gasteiger partial charge in [0.2, 0.25) is 5.89 Å². The van der Waals surface area contributed by atoms with Crippen LogP contribution >= 0.6 is 0 Å². The first-order valence-electron chi connectivity index (χ1n) is 15.1. The summed E-state index contributed by atoms with van der Waals surface area (Å²) in [6.45, 7) is 0. The maximum atomic E-state index is 6.30. The molecule has 0 saturated carbocycles. The summed E-state index contributed by atoms with van der Waals surface area (Å²) in [4.78, 5) is 19.4. The van der Waals surface area contributed by atoms with E-state index in [-0.39, 0.29) is 0 Å². The molecule has 6 aromatic carbocycles. The maximum absolute atomic E-state index is 6.30. The van der Waals surface area contributed by atoms with Crippen LogP contribution in [-0.2, 0) is 0 Å². The highest BCUT2D eigenvalue weighted by atomic mass is 16.3. The van der Waals surface area contributed by atoms with Gasteiger partial charge >= 0.3 is 0 Å². The van der Waals surface area contributed by atoms with Crippen LogP contribution in [0.3, 0.4) is 0 Å². The molecule has 0 N–H and O–H groups in total. The van der Waals surface area contributed by atoms with Crippen molar-refractivity contribution in [3.05, 3.63) is 146 Å². The fourth-order valence-corrected chi connectivity index (χ4v) is 5.92. The van der Waals surface area contributed by atoms with Crippen molar-refractivity contribution in [3.8, 4) is 56.7 Å². The van der Waals surface area contributed by atoms with E-state index in [1.54, 1.807) is 0 Å². The molecule has 0 saturated heterocycles. The predicted octanol–water partition coefficient (Wildman–Crippen LogP) is 10.2. The van der Waals surface area contributed by atoms with Crippen molar-refractivity contribution in [3.63, 3.8) is 0 Å². The monoisotopic (exact) mass is 592 g/mol. The Morgan fingerprint density at radius 2 is 0.978 bits per heavy atom. The topological polar surface area (TPSA) is 77.8 Å². The summed E-state index contributed by atoms with van der Waals surface area (Å²) in [7, 11) is 0. The van der Waals surface area contributed by atoms with Gasteiger partial charge in [-0.2, -0.15) is 0 Å². The highest BCUT2D eigenvalue weighted by Crippen LogP contribution is 2.37. The Hall–Kier alpha value is -6.40. The van der Waals surface area contributed by atoms with Crippen LogP contribution in [0.5, 0.6) is 0 Å². The molecule has 0 amide bonds. The molecule has 3 aromatic heterocycles. The van der Waals surface area contributed by atoms with Gasteiger partial charge in [0.05, 0.1) is 0 Å². The lowest BCUT2D eigenvalue weighted by Crippen LogP contribution is -2.00. The van der Waals surface area contributed by atoms with Gasteiger partial charge in [0.15, 0.2) is 23.1 Å². The van der Waals surface area contributed by atoms with E-state index in [9.17, 15) is 0 Å². The molecule has 0 aliphatic heterocycles. The van der Waals surface area contributed by atoms with Crippen molar-refractivity contribution < 1.29 is 8.83 Å². The third-order valence-electron chi connectivity index (χ3n) is 8.17. The average molecular weight is 593 g/mol. The lowest BCUT2D eigenvalue weighted by atomic mass is 10.0. The SMILES string of the molecule is c1ccc(-c2nc(-c3ccccc3)nc(-c3ccc4oc(-c5cccc(-c6cccc7c6oc6ccccc67)c5)nc4c3)n2)cc1. The third-order valence-corrected chi connectivity index (χ3v) is 8.17. The molecule has 0 fully saturated rings. The molecule has 0 atom stereocenters. The lowest BCUT2D eigenvalue weighted by Gasteiger charge is -2.08. The quantitative estimate of drug-likeness (QED) is 0.198. The number of aromatic nitrogens is 4. The van der Waals surface area contributed by atoms with Crippen molar-refractivity contribution in [1.29, 1.82) is 0 Å². The molecule has 3 heterocycles. The van der Waals surface area contributed by atoms with Gasteiger partial charge in [-0.05, 0) is 42.0 Å². The molecule has 0 bridgehead atoms. The van der Waals surface area contributed by atoms with Crippen molar-refractivity contribution >= 4 is 33.0 Å². The van der Waals surface area contributed by atoms with Crippen LogP contribution < -0.4 is 0 Å². The number of furan rings is 1. The molecule has 46 heavy (non-hydrogen) atoms. The number of fused-ring (bicyclic) bond motifs is 4. The Balaban J connectivity index is 1.12. The number of hydrogen-bond acceptors (Lipinski definition) is 6. The smallest absolute Gasteiger partial charge is 0.227 e. The first-order valence-corrected chi connectivity index (χ1v) is 15.1. The minimum Gasteiger partial charge on any atom is -0.455 e. The van der Waals surface area contributed by atoms with Gasteiger partial charge in [0.25, 0.3) is 0 Å². The van der Waals surface area contributed by atoms with E-state index in [1.807, 2.05) is 109 Å². The normalized spacial score (nSPS) is 11.5. The molecule has 6 nitrogen and oxygen atoms in total. The molecule has 0 spiro atoms. The number of oxazole rings is 1. The maximum Gasteiger partial charge on any atom is 0.227 e. The van der Waals surface area contributed by atoms with Crippen LogP contribution in [0.4, 0.5) is 0 Å². The summed E-state index contributed by atoms with van der Waals surface area (Å²) in [6, 6.07) is 48.4. The summed E-state index contributed by atoms with van der Waals surface area (Å²) in [5.74, 6) is 2.33. The summed E-state index contributed by atoms with van der Waals surface area (Å²) in [5.41, 5.74) is 8.74. The van der Waals surface area contributed by atoms with Crippen molar-refractivity contribution in [2.45, 2.75) is 0 Å². The Bertz CT molecular complexity index is 2480. The highest BCUT2D eigenvalue weighted by Gasteiger charge is 2.16. The van der Waals surface area contributed by atoms with Crippen LogP contribution in [0.2, 0.25) is 0 Å². The van der Waals surface area contributed by atoms with Gasteiger partial charge in [-0.25, -0.2) is 19.9 Å². The van der Waals surface area contributed by atoms with E-state index in [0.717, 1.165) is 60.8 Å². The zero-order valence-corrected chi connectivity index (χ0v) is 24.5. The first-order chi connectivity index (χ1) is 22.8. The fourth-order valence-electron chi connectivity index (χ4n) is 5.92. The summed E-state index contributed by atoms with van der Waals surface area (Å²) < 4.78 is 12.6. The van der Waals surface area contributed by atoms with Crippen LogP contribution in [-0.4, -0.2) is 19.9 Å². The second kappa shape index (κ2) is 10.6. The Morgan fingerprint density at radius 1 is 0.370 bits per heavy atom. The number of para-hydroxylation sites is 2. The molecule has 0 radical (unpaired) electrons. The second-order valence-corrected chi connectivity index (χ2v) is 11.1. The fraction of sp³-hybridized carbons (Fsp3) is 0. The summed E-state index contributed by atoms with van der Waals surface area (Å²) >= 11 is 0. The Labute approximate surface area is 263 Å². The van der Waals surface area contributed by atoms with E-state index in [1.165, 1.54) is 0 Å². The molecule has 0 aliphatic carbocycles. The van der Waals surface area contributed by atoms with Crippen molar-refractivity contribution in [2.75, 3.05) is 0 Å². The van der Waals surface area contributed by atoms with E-state index in [0.29, 0.717) is 28.9 Å². The second-order valence-electron chi connectivity index (χ2n) is 11.1. The molecule has 9 rings (SSSR count). The third kappa shape index (κ3) is 4.52. The van der Waals surface area contributed by atoms with Gasteiger partial charge in [-0.3, -0.25) is 0 Å².